The number of aryl methyl sites for hydroxylation is 1. The van der Waals surface area contributed by atoms with E-state index in [0.29, 0.717) is 6.54 Å². The molecule has 19 heavy (non-hydrogen) atoms. The lowest BCUT2D eigenvalue weighted by Gasteiger charge is -2.00. The first-order valence-corrected chi connectivity index (χ1v) is 7.35. The molecule has 0 aliphatic rings. The zero-order valence-corrected chi connectivity index (χ0v) is 12.0. The number of thiophene rings is 2. The molecule has 2 rings (SSSR count). The first kappa shape index (κ1) is 13.8. The summed E-state index contributed by atoms with van der Waals surface area (Å²) >= 11 is 3.01. The molecule has 0 saturated heterocycles. The maximum atomic E-state index is 11.9. The summed E-state index contributed by atoms with van der Waals surface area (Å²) in [5.74, 6) is 5.40. The van der Waals surface area contributed by atoms with Crippen molar-refractivity contribution in [1.82, 2.24) is 5.32 Å². The topological polar surface area (TPSA) is 49.3 Å². The molecule has 2 N–H and O–H groups in total. The summed E-state index contributed by atoms with van der Waals surface area (Å²) in [6, 6.07) is 7.60. The Bertz CT molecular complexity index is 631. The normalized spacial score (nSPS) is 9.79. The van der Waals surface area contributed by atoms with Crippen LogP contribution in [0.1, 0.15) is 24.3 Å². The molecule has 0 atom stereocenters. The van der Waals surface area contributed by atoms with Gasteiger partial charge in [-0.3, -0.25) is 4.79 Å². The van der Waals surface area contributed by atoms with E-state index < -0.39 is 0 Å². The molecule has 0 bridgehead atoms. The van der Waals surface area contributed by atoms with Crippen LogP contribution in [0.4, 0.5) is 0 Å². The van der Waals surface area contributed by atoms with Gasteiger partial charge in [0.15, 0.2) is 0 Å². The zero-order chi connectivity index (χ0) is 13.7. The van der Waals surface area contributed by atoms with Gasteiger partial charge in [0.2, 0.25) is 0 Å². The van der Waals surface area contributed by atoms with Gasteiger partial charge in [0.05, 0.1) is 16.3 Å². The second kappa shape index (κ2) is 6.53. The van der Waals surface area contributed by atoms with Crippen molar-refractivity contribution in [2.45, 2.75) is 13.5 Å². The van der Waals surface area contributed by atoms with Gasteiger partial charge in [-0.15, -0.1) is 22.7 Å². The summed E-state index contributed by atoms with van der Waals surface area (Å²) in [6.45, 7) is 2.34. The van der Waals surface area contributed by atoms with Gasteiger partial charge in [0, 0.05) is 9.75 Å². The Morgan fingerprint density at radius 1 is 1.32 bits per heavy atom. The number of hydrogen-bond acceptors (Lipinski definition) is 4. The van der Waals surface area contributed by atoms with Gasteiger partial charge < -0.3 is 10.4 Å². The lowest BCUT2D eigenvalue weighted by atomic mass is 10.4. The van der Waals surface area contributed by atoms with Crippen molar-refractivity contribution in [2.24, 2.45) is 0 Å². The van der Waals surface area contributed by atoms with Crippen molar-refractivity contribution >= 4 is 28.6 Å². The van der Waals surface area contributed by atoms with E-state index in [9.17, 15) is 4.79 Å². The third kappa shape index (κ3) is 3.93. The Morgan fingerprint density at radius 3 is 2.84 bits per heavy atom. The fourth-order valence-electron chi connectivity index (χ4n) is 1.48. The number of aliphatic hydroxyl groups is 1. The van der Waals surface area contributed by atoms with E-state index in [4.69, 9.17) is 5.11 Å². The molecule has 2 aromatic rings. The molecule has 98 valence electrons. The van der Waals surface area contributed by atoms with Crippen LogP contribution in [0.2, 0.25) is 0 Å². The molecule has 0 spiro atoms. The minimum absolute atomic E-state index is 0.0468. The third-order valence-electron chi connectivity index (χ3n) is 2.34. The zero-order valence-electron chi connectivity index (χ0n) is 10.4. The van der Waals surface area contributed by atoms with Gasteiger partial charge >= 0.3 is 0 Å². The van der Waals surface area contributed by atoms with Crippen LogP contribution in [-0.2, 0) is 6.54 Å². The van der Waals surface area contributed by atoms with Gasteiger partial charge in [0.1, 0.15) is 6.61 Å². The molecule has 0 aliphatic heterocycles. The second-order valence-electron chi connectivity index (χ2n) is 3.82. The number of hydrogen-bond donors (Lipinski definition) is 2. The van der Waals surface area contributed by atoms with E-state index in [0.717, 1.165) is 19.5 Å². The predicted molar refractivity (Wildman–Crippen MR) is 78.5 cm³/mol. The standard InChI is InChI=1S/C14H13NO2S2/c1-10-4-7-13(18-10)14(17)15-9-12-6-5-11(19-12)3-2-8-16/h4-7,16H,8-9H2,1H3,(H,15,17). The Labute approximate surface area is 119 Å². The molecule has 0 radical (unpaired) electrons. The van der Waals surface area contributed by atoms with Gasteiger partial charge in [-0.2, -0.15) is 0 Å². The monoisotopic (exact) mass is 291 g/mol. The highest BCUT2D eigenvalue weighted by Crippen LogP contribution is 2.17. The highest BCUT2D eigenvalue weighted by molar-refractivity contribution is 7.14. The van der Waals surface area contributed by atoms with E-state index in [2.05, 4.69) is 17.2 Å². The molecule has 2 heterocycles. The van der Waals surface area contributed by atoms with E-state index in [1.165, 1.54) is 22.7 Å². The van der Waals surface area contributed by atoms with Crippen molar-refractivity contribution in [2.75, 3.05) is 6.61 Å². The van der Waals surface area contributed by atoms with E-state index in [1.807, 2.05) is 31.2 Å². The van der Waals surface area contributed by atoms with Gasteiger partial charge in [-0.05, 0) is 31.2 Å². The molecule has 0 aromatic carbocycles. The Hall–Kier alpha value is -1.61. The molecule has 0 fully saturated rings. The molecule has 0 aliphatic carbocycles. The molecule has 5 heteroatoms. The first-order valence-electron chi connectivity index (χ1n) is 5.72. The number of aliphatic hydroxyl groups excluding tert-OH is 1. The van der Waals surface area contributed by atoms with Crippen molar-refractivity contribution in [3.05, 3.63) is 43.8 Å². The van der Waals surface area contributed by atoms with Crippen LogP contribution in [0.15, 0.2) is 24.3 Å². The number of carbonyl (C=O) groups excluding carboxylic acids is 1. The summed E-state index contributed by atoms with van der Waals surface area (Å²) < 4.78 is 0. The van der Waals surface area contributed by atoms with E-state index in [-0.39, 0.29) is 12.5 Å². The fraction of sp³-hybridized carbons (Fsp3) is 0.214. The van der Waals surface area contributed by atoms with Crippen molar-refractivity contribution in [3.8, 4) is 11.8 Å². The summed E-state index contributed by atoms with van der Waals surface area (Å²) in [6.07, 6.45) is 0. The van der Waals surface area contributed by atoms with Crippen LogP contribution in [-0.4, -0.2) is 17.6 Å². The Balaban J connectivity index is 1.92. The van der Waals surface area contributed by atoms with Crippen LogP contribution in [0.25, 0.3) is 0 Å². The summed E-state index contributed by atoms with van der Waals surface area (Å²) in [5, 5.41) is 11.5. The first-order chi connectivity index (χ1) is 9.19. The molecule has 2 aromatic heterocycles. The second-order valence-corrected chi connectivity index (χ2v) is 6.28. The number of carbonyl (C=O) groups is 1. The third-order valence-corrected chi connectivity index (χ3v) is 4.34. The summed E-state index contributed by atoms with van der Waals surface area (Å²) in [7, 11) is 0. The number of amides is 1. The van der Waals surface area contributed by atoms with Crippen LogP contribution in [0.3, 0.4) is 0 Å². The van der Waals surface area contributed by atoms with E-state index >= 15 is 0 Å². The fourth-order valence-corrected chi connectivity index (χ4v) is 3.08. The maximum absolute atomic E-state index is 11.9. The van der Waals surface area contributed by atoms with Crippen LogP contribution >= 0.6 is 22.7 Å². The lowest BCUT2D eigenvalue weighted by molar-refractivity contribution is 0.0955. The molecular weight excluding hydrogens is 278 g/mol. The SMILES string of the molecule is Cc1ccc(C(=O)NCc2ccc(C#CCO)s2)s1. The van der Waals surface area contributed by atoms with Crippen LogP contribution in [0, 0.1) is 18.8 Å². The van der Waals surface area contributed by atoms with Gasteiger partial charge in [-0.1, -0.05) is 11.8 Å². The Kier molecular flexibility index (Phi) is 4.74. The maximum Gasteiger partial charge on any atom is 0.261 e. The summed E-state index contributed by atoms with van der Waals surface area (Å²) in [4.78, 5) is 15.7. The quantitative estimate of drug-likeness (QED) is 0.853. The number of rotatable bonds is 3. The highest BCUT2D eigenvalue weighted by Gasteiger charge is 2.08. The lowest BCUT2D eigenvalue weighted by Crippen LogP contribution is -2.21. The van der Waals surface area contributed by atoms with Gasteiger partial charge in [-0.25, -0.2) is 0 Å². The summed E-state index contributed by atoms with van der Waals surface area (Å²) in [5.41, 5.74) is 0. The molecule has 1 amide bonds. The van der Waals surface area contributed by atoms with Crippen molar-refractivity contribution in [3.63, 3.8) is 0 Å². The van der Waals surface area contributed by atoms with Crippen molar-refractivity contribution in [1.29, 1.82) is 0 Å². The average Bonchev–Trinajstić information content (AvgIpc) is 3.02. The largest absolute Gasteiger partial charge is 0.384 e. The predicted octanol–water partition coefficient (Wildman–Crippen LogP) is 2.39. The molecule has 0 unspecified atom stereocenters. The number of nitrogens with one attached hydrogen (secondary N) is 1. The minimum Gasteiger partial charge on any atom is -0.384 e. The molecule has 3 nitrogen and oxygen atoms in total. The molecule has 0 saturated carbocycles. The van der Waals surface area contributed by atoms with Crippen LogP contribution < -0.4 is 5.32 Å². The highest BCUT2D eigenvalue weighted by atomic mass is 32.1. The average molecular weight is 291 g/mol. The van der Waals surface area contributed by atoms with Crippen LogP contribution in [0.5, 0.6) is 0 Å². The Morgan fingerprint density at radius 2 is 2.16 bits per heavy atom. The smallest absolute Gasteiger partial charge is 0.261 e. The molecular formula is C14H13NO2S2. The van der Waals surface area contributed by atoms with Crippen molar-refractivity contribution < 1.29 is 9.90 Å². The van der Waals surface area contributed by atoms with Gasteiger partial charge in [0.25, 0.3) is 5.91 Å². The minimum atomic E-state index is -0.137. The van der Waals surface area contributed by atoms with E-state index in [1.54, 1.807) is 0 Å².